The first-order valence-electron chi connectivity index (χ1n) is 10.8. The van der Waals surface area contributed by atoms with Gasteiger partial charge in [0.1, 0.15) is 17.3 Å². The number of aryl methyl sites for hydroxylation is 2. The zero-order valence-electron chi connectivity index (χ0n) is 17.7. The molecule has 0 saturated heterocycles. The number of hydrogen-bond donors (Lipinski definition) is 0. The van der Waals surface area contributed by atoms with Crippen molar-refractivity contribution in [3.05, 3.63) is 88.9 Å². The van der Waals surface area contributed by atoms with Gasteiger partial charge in [-0.15, -0.1) is 0 Å². The summed E-state index contributed by atoms with van der Waals surface area (Å²) < 4.78 is 6.05. The SMILES string of the molecule is [C-]#[N+]C1(c2ccc3c(n2)CCCN3c2ccnc(C)n2)CC(OCc2ccccc2)C1. The molecule has 1 aromatic carbocycles. The highest BCUT2D eigenvalue weighted by Crippen LogP contribution is 2.47. The summed E-state index contributed by atoms with van der Waals surface area (Å²) >= 11 is 0. The molecule has 2 aromatic heterocycles. The number of fused-ring (bicyclic) bond motifs is 1. The van der Waals surface area contributed by atoms with Gasteiger partial charge in [-0.05, 0) is 43.5 Å². The van der Waals surface area contributed by atoms with E-state index in [0.29, 0.717) is 19.4 Å². The van der Waals surface area contributed by atoms with Gasteiger partial charge in [0.2, 0.25) is 0 Å². The zero-order valence-corrected chi connectivity index (χ0v) is 17.7. The number of ether oxygens (including phenoxy) is 1. The van der Waals surface area contributed by atoms with Crippen molar-refractivity contribution in [2.24, 2.45) is 0 Å². The van der Waals surface area contributed by atoms with E-state index in [0.717, 1.165) is 53.7 Å². The predicted molar refractivity (Wildman–Crippen MR) is 119 cm³/mol. The van der Waals surface area contributed by atoms with Crippen LogP contribution in [0.2, 0.25) is 0 Å². The number of aromatic nitrogens is 3. The van der Waals surface area contributed by atoms with Crippen LogP contribution in [-0.2, 0) is 23.3 Å². The molecule has 0 radical (unpaired) electrons. The van der Waals surface area contributed by atoms with Crippen molar-refractivity contribution < 1.29 is 4.74 Å². The van der Waals surface area contributed by atoms with Crippen molar-refractivity contribution in [2.75, 3.05) is 11.4 Å². The average molecular weight is 412 g/mol. The smallest absolute Gasteiger partial charge is 0.278 e. The molecule has 156 valence electrons. The van der Waals surface area contributed by atoms with Crippen LogP contribution in [0.1, 0.15) is 42.0 Å². The fourth-order valence-electron chi connectivity index (χ4n) is 4.50. The van der Waals surface area contributed by atoms with E-state index in [4.69, 9.17) is 16.3 Å². The van der Waals surface area contributed by atoms with Crippen LogP contribution in [0.4, 0.5) is 11.5 Å². The average Bonchev–Trinajstić information content (AvgIpc) is 2.78. The number of pyridine rings is 1. The Labute approximate surface area is 182 Å². The van der Waals surface area contributed by atoms with Crippen molar-refractivity contribution in [3.63, 3.8) is 0 Å². The van der Waals surface area contributed by atoms with Crippen molar-refractivity contribution in [1.29, 1.82) is 0 Å². The second kappa shape index (κ2) is 8.09. The maximum absolute atomic E-state index is 7.87. The van der Waals surface area contributed by atoms with Gasteiger partial charge in [0.25, 0.3) is 5.54 Å². The molecule has 31 heavy (non-hydrogen) atoms. The third kappa shape index (κ3) is 3.77. The Morgan fingerprint density at radius 3 is 2.74 bits per heavy atom. The van der Waals surface area contributed by atoms with Crippen molar-refractivity contribution in [2.45, 2.75) is 50.9 Å². The molecule has 0 N–H and O–H groups in total. The molecule has 0 spiro atoms. The maximum atomic E-state index is 7.87. The van der Waals surface area contributed by atoms with Crippen LogP contribution < -0.4 is 4.90 Å². The summed E-state index contributed by atoms with van der Waals surface area (Å²) in [5.41, 5.74) is 3.61. The highest BCUT2D eigenvalue weighted by atomic mass is 16.5. The topological polar surface area (TPSA) is 55.5 Å². The Hall–Kier alpha value is -3.30. The second-order valence-electron chi connectivity index (χ2n) is 8.35. The predicted octanol–water partition coefficient (Wildman–Crippen LogP) is 4.76. The summed E-state index contributed by atoms with van der Waals surface area (Å²) in [6.07, 6.45) is 5.23. The lowest BCUT2D eigenvalue weighted by molar-refractivity contribution is -0.0431. The van der Waals surface area contributed by atoms with E-state index < -0.39 is 5.54 Å². The van der Waals surface area contributed by atoms with E-state index in [2.05, 4.69) is 37.9 Å². The minimum Gasteiger partial charge on any atom is -0.373 e. The van der Waals surface area contributed by atoms with Gasteiger partial charge in [0, 0.05) is 12.7 Å². The van der Waals surface area contributed by atoms with E-state index in [-0.39, 0.29) is 6.10 Å². The Morgan fingerprint density at radius 2 is 1.97 bits per heavy atom. The molecule has 0 bridgehead atoms. The van der Waals surface area contributed by atoms with Gasteiger partial charge < -0.3 is 14.5 Å². The van der Waals surface area contributed by atoms with E-state index >= 15 is 0 Å². The van der Waals surface area contributed by atoms with Gasteiger partial charge in [0.05, 0.1) is 36.9 Å². The lowest BCUT2D eigenvalue weighted by Crippen LogP contribution is -2.44. The number of hydrogen-bond acceptors (Lipinski definition) is 5. The molecule has 0 atom stereocenters. The molecule has 3 heterocycles. The molecule has 1 saturated carbocycles. The molecule has 1 aliphatic carbocycles. The van der Waals surface area contributed by atoms with Gasteiger partial charge in [-0.2, -0.15) is 0 Å². The summed E-state index contributed by atoms with van der Waals surface area (Å²) in [6, 6.07) is 16.3. The molecular formula is C25H25N5O. The Kier molecular flexibility index (Phi) is 5.13. The Bertz CT molecular complexity index is 1120. The van der Waals surface area contributed by atoms with Crippen LogP contribution in [0.15, 0.2) is 54.7 Å². The van der Waals surface area contributed by atoms with Crippen molar-refractivity contribution >= 4 is 11.5 Å². The highest BCUT2D eigenvalue weighted by Gasteiger charge is 2.54. The Balaban J connectivity index is 1.32. The van der Waals surface area contributed by atoms with Crippen LogP contribution in [0.3, 0.4) is 0 Å². The summed E-state index contributed by atoms with van der Waals surface area (Å²) in [7, 11) is 0. The van der Waals surface area contributed by atoms with Crippen LogP contribution >= 0.6 is 0 Å². The van der Waals surface area contributed by atoms with Crippen molar-refractivity contribution in [1.82, 2.24) is 15.0 Å². The van der Waals surface area contributed by atoms with Gasteiger partial charge in [-0.1, -0.05) is 30.3 Å². The molecule has 6 nitrogen and oxygen atoms in total. The monoisotopic (exact) mass is 411 g/mol. The summed E-state index contributed by atoms with van der Waals surface area (Å²) in [6.45, 7) is 11.3. The number of nitrogens with zero attached hydrogens (tertiary/aromatic N) is 5. The highest BCUT2D eigenvalue weighted by molar-refractivity contribution is 5.64. The molecular weight excluding hydrogens is 386 g/mol. The van der Waals surface area contributed by atoms with Crippen LogP contribution in [0, 0.1) is 13.5 Å². The number of anilines is 2. The third-order valence-electron chi connectivity index (χ3n) is 6.22. The van der Waals surface area contributed by atoms with Crippen LogP contribution in [0.5, 0.6) is 0 Å². The molecule has 0 amide bonds. The van der Waals surface area contributed by atoms with E-state index in [9.17, 15) is 0 Å². The van der Waals surface area contributed by atoms with Crippen LogP contribution in [0.25, 0.3) is 4.85 Å². The third-order valence-corrected chi connectivity index (χ3v) is 6.22. The van der Waals surface area contributed by atoms with Crippen molar-refractivity contribution in [3.8, 4) is 0 Å². The normalized spacial score (nSPS) is 22.3. The van der Waals surface area contributed by atoms with E-state index in [1.165, 1.54) is 0 Å². The quantitative estimate of drug-likeness (QED) is 0.567. The van der Waals surface area contributed by atoms with Gasteiger partial charge in [0.15, 0.2) is 0 Å². The maximum Gasteiger partial charge on any atom is 0.278 e. The largest absolute Gasteiger partial charge is 0.373 e. The standard InChI is InChI=1S/C25H25N5O/c1-18-27-13-12-24(28-18)30-14-6-9-21-22(30)10-11-23(29-21)25(26-2)15-20(16-25)31-17-19-7-4-3-5-8-19/h3-5,7-8,10-13,20H,6,9,14-17H2,1H3. The molecule has 3 aromatic rings. The summed E-state index contributed by atoms with van der Waals surface area (Å²) in [5.74, 6) is 1.66. The lowest BCUT2D eigenvalue weighted by atomic mass is 9.72. The molecule has 1 aliphatic heterocycles. The number of rotatable bonds is 5. The van der Waals surface area contributed by atoms with E-state index in [1.807, 2.05) is 37.3 Å². The van der Waals surface area contributed by atoms with Gasteiger partial charge >= 0.3 is 0 Å². The first kappa shape index (κ1) is 19.7. The first-order valence-corrected chi connectivity index (χ1v) is 10.8. The number of benzene rings is 1. The summed E-state index contributed by atoms with van der Waals surface area (Å²) in [5, 5.41) is 0. The minimum atomic E-state index is -0.565. The van der Waals surface area contributed by atoms with Crippen LogP contribution in [-0.4, -0.2) is 27.6 Å². The molecule has 1 fully saturated rings. The minimum absolute atomic E-state index is 0.104. The summed E-state index contributed by atoms with van der Waals surface area (Å²) in [4.78, 5) is 20.0. The fourth-order valence-corrected chi connectivity index (χ4v) is 4.50. The second-order valence-corrected chi connectivity index (χ2v) is 8.35. The lowest BCUT2D eigenvalue weighted by Gasteiger charge is -2.38. The molecule has 6 heteroatoms. The Morgan fingerprint density at radius 1 is 1.13 bits per heavy atom. The first-order chi connectivity index (χ1) is 15.2. The van der Waals surface area contributed by atoms with Gasteiger partial charge in [-0.3, -0.25) is 0 Å². The zero-order chi connectivity index (χ0) is 21.3. The van der Waals surface area contributed by atoms with Gasteiger partial charge in [-0.25, -0.2) is 21.5 Å². The molecule has 5 rings (SSSR count). The van der Waals surface area contributed by atoms with E-state index in [1.54, 1.807) is 6.20 Å². The molecule has 2 aliphatic rings. The fraction of sp³-hybridized carbons (Fsp3) is 0.360. The molecule has 0 unspecified atom stereocenters.